The van der Waals surface area contributed by atoms with Crippen LogP contribution in [0.25, 0.3) is 0 Å². The summed E-state index contributed by atoms with van der Waals surface area (Å²) in [5, 5.41) is 0.737. The van der Waals surface area contributed by atoms with Gasteiger partial charge >= 0.3 is 0 Å². The van der Waals surface area contributed by atoms with Gasteiger partial charge in [-0.1, -0.05) is 36.4 Å². The minimum atomic E-state index is -1.57. The molecule has 0 saturated carbocycles. The van der Waals surface area contributed by atoms with Crippen LogP contribution in [0.4, 0.5) is 0 Å². The lowest BCUT2D eigenvalue weighted by atomic mass is 9.92. The molecule has 2 aromatic rings. The van der Waals surface area contributed by atoms with Crippen LogP contribution in [0.2, 0.25) is 0 Å². The van der Waals surface area contributed by atoms with Crippen LogP contribution in [0.15, 0.2) is 84.1 Å². The fourth-order valence-corrected chi connectivity index (χ4v) is 3.86. The number of benzene rings is 2. The number of hydrogen-bond donors (Lipinski definition) is 2. The molecule has 1 aliphatic carbocycles. The van der Waals surface area contributed by atoms with Gasteiger partial charge in [0.05, 0.1) is 12.7 Å². The maximum absolute atomic E-state index is 13.9. The molecule has 0 fully saturated rings. The molecule has 0 saturated heterocycles. The van der Waals surface area contributed by atoms with E-state index in [4.69, 9.17) is 18.9 Å². The van der Waals surface area contributed by atoms with Gasteiger partial charge in [-0.3, -0.25) is 14.4 Å². The van der Waals surface area contributed by atoms with Crippen LogP contribution in [-0.4, -0.2) is 62.2 Å². The fourth-order valence-electron chi connectivity index (χ4n) is 3.86. The molecule has 196 valence electrons. The van der Waals surface area contributed by atoms with Crippen molar-refractivity contribution in [1.29, 1.82) is 0 Å². The summed E-state index contributed by atoms with van der Waals surface area (Å²) in [6.45, 7) is 3.95. The summed E-state index contributed by atoms with van der Waals surface area (Å²) in [6.07, 6.45) is 1.92. The molecule has 2 unspecified atom stereocenters. The first kappa shape index (κ1) is 27.6. The number of carbonyl (C=O) groups is 3. The zero-order valence-corrected chi connectivity index (χ0v) is 21.2. The molecule has 2 atom stereocenters. The highest BCUT2D eigenvalue weighted by Crippen LogP contribution is 2.37. The Morgan fingerprint density at radius 3 is 1.81 bits per heavy atom. The van der Waals surface area contributed by atoms with Crippen molar-refractivity contribution in [2.24, 2.45) is 0 Å². The lowest BCUT2D eigenvalue weighted by Gasteiger charge is -2.42. The summed E-state index contributed by atoms with van der Waals surface area (Å²) in [4.78, 5) is 39.8. The van der Waals surface area contributed by atoms with Crippen molar-refractivity contribution in [3.8, 4) is 0 Å². The summed E-state index contributed by atoms with van der Waals surface area (Å²) in [6, 6.07) is 16.6. The van der Waals surface area contributed by atoms with Gasteiger partial charge in [0.1, 0.15) is 6.10 Å². The van der Waals surface area contributed by atoms with Crippen LogP contribution < -0.4 is 10.9 Å². The van der Waals surface area contributed by atoms with E-state index in [2.05, 4.69) is 10.9 Å². The molecule has 10 nitrogen and oxygen atoms in total. The van der Waals surface area contributed by atoms with Crippen molar-refractivity contribution in [1.82, 2.24) is 16.0 Å². The van der Waals surface area contributed by atoms with E-state index in [-0.39, 0.29) is 29.9 Å². The average Bonchev–Trinajstić information content (AvgIpc) is 2.94. The number of nitrogens with zero attached hydrogens (tertiary/aromatic N) is 1. The molecule has 3 rings (SSSR count). The Kier molecular flexibility index (Phi) is 9.56. The van der Waals surface area contributed by atoms with Gasteiger partial charge < -0.3 is 18.9 Å². The molecular formula is C27H31N3O7. The molecule has 3 amide bonds. The molecule has 10 heteroatoms. The van der Waals surface area contributed by atoms with E-state index in [1.54, 1.807) is 74.5 Å². The van der Waals surface area contributed by atoms with E-state index in [9.17, 15) is 14.4 Å². The summed E-state index contributed by atoms with van der Waals surface area (Å²) in [7, 11) is 2.86. The van der Waals surface area contributed by atoms with Gasteiger partial charge in [-0.05, 0) is 50.3 Å². The quantitative estimate of drug-likeness (QED) is 0.395. The second-order valence-corrected chi connectivity index (χ2v) is 7.75. The third-order valence-electron chi connectivity index (χ3n) is 5.55. The third-order valence-corrected chi connectivity index (χ3v) is 5.55. The molecule has 0 bridgehead atoms. The predicted molar refractivity (Wildman–Crippen MR) is 135 cm³/mol. The number of amides is 3. The number of rotatable bonds is 9. The zero-order valence-electron chi connectivity index (χ0n) is 21.2. The van der Waals surface area contributed by atoms with Crippen LogP contribution in [-0.2, 0) is 23.7 Å². The topological polar surface area (TPSA) is 115 Å². The van der Waals surface area contributed by atoms with Gasteiger partial charge in [-0.15, -0.1) is 0 Å². The number of hydrogen-bond acceptors (Lipinski definition) is 7. The molecule has 0 radical (unpaired) electrons. The molecule has 2 N–H and O–H groups in total. The molecule has 0 heterocycles. The van der Waals surface area contributed by atoms with E-state index in [1.165, 1.54) is 26.4 Å². The second-order valence-electron chi connectivity index (χ2n) is 7.75. The maximum Gasteiger partial charge on any atom is 0.290 e. The Morgan fingerprint density at radius 1 is 0.838 bits per heavy atom. The first-order chi connectivity index (χ1) is 17.9. The van der Waals surface area contributed by atoms with Gasteiger partial charge in [0.2, 0.25) is 0 Å². The smallest absolute Gasteiger partial charge is 0.290 e. The lowest BCUT2D eigenvalue weighted by molar-refractivity contribution is -0.263. The number of ether oxygens (including phenoxy) is 4. The van der Waals surface area contributed by atoms with Gasteiger partial charge in [-0.25, -0.2) is 10.9 Å². The number of allylic oxidation sites excluding steroid dienone is 2. The van der Waals surface area contributed by atoms with E-state index in [0.717, 1.165) is 5.12 Å². The lowest BCUT2D eigenvalue weighted by Crippen LogP contribution is -2.60. The number of hydrazine groups is 2. The summed E-state index contributed by atoms with van der Waals surface area (Å²) < 4.78 is 23.1. The normalized spacial score (nSPS) is 18.8. The highest BCUT2D eigenvalue weighted by molar-refractivity contribution is 6.02. The van der Waals surface area contributed by atoms with Gasteiger partial charge in [0.15, 0.2) is 5.76 Å². The van der Waals surface area contributed by atoms with Crippen molar-refractivity contribution >= 4 is 17.7 Å². The van der Waals surface area contributed by atoms with E-state index < -0.39 is 29.6 Å². The van der Waals surface area contributed by atoms with Crippen LogP contribution in [0.3, 0.4) is 0 Å². The second kappa shape index (κ2) is 12.8. The largest absolute Gasteiger partial charge is 0.495 e. The molecular weight excluding hydrogens is 478 g/mol. The van der Waals surface area contributed by atoms with Crippen LogP contribution in [0.5, 0.6) is 0 Å². The number of nitrogens with one attached hydrogen (secondary N) is 2. The highest BCUT2D eigenvalue weighted by atomic mass is 16.7. The Morgan fingerprint density at radius 2 is 1.38 bits per heavy atom. The Bertz CT molecular complexity index is 1100. The summed E-state index contributed by atoms with van der Waals surface area (Å²) >= 11 is 0. The van der Waals surface area contributed by atoms with Crippen molar-refractivity contribution in [3.05, 3.63) is 95.3 Å². The van der Waals surface area contributed by atoms with E-state index >= 15 is 0 Å². The first-order valence-corrected chi connectivity index (χ1v) is 11.7. The van der Waals surface area contributed by atoms with Crippen LogP contribution in [0, 0.1) is 0 Å². The van der Waals surface area contributed by atoms with Gasteiger partial charge in [0.25, 0.3) is 23.5 Å². The SMILES string of the molecule is CCOC1C(C(=O)N(NC(=O)c2ccccc2)NC(=O)c2ccccc2)=CC=C(OC)C1(OC)OCC. The fraction of sp³-hybridized carbons (Fsp3) is 0.296. The van der Waals surface area contributed by atoms with Crippen molar-refractivity contribution in [2.75, 3.05) is 27.4 Å². The number of methoxy groups -OCH3 is 2. The van der Waals surface area contributed by atoms with Gasteiger partial charge in [0, 0.05) is 31.5 Å². The average molecular weight is 510 g/mol. The molecule has 37 heavy (non-hydrogen) atoms. The minimum Gasteiger partial charge on any atom is -0.495 e. The molecule has 1 aliphatic rings. The van der Waals surface area contributed by atoms with Crippen LogP contribution in [0.1, 0.15) is 34.6 Å². The van der Waals surface area contributed by atoms with E-state index in [1.807, 2.05) is 0 Å². The van der Waals surface area contributed by atoms with E-state index in [0.29, 0.717) is 5.76 Å². The molecule has 0 spiro atoms. The Balaban J connectivity index is 2.01. The maximum atomic E-state index is 13.9. The predicted octanol–water partition coefficient (Wildman–Crippen LogP) is 2.76. The molecule has 0 aliphatic heterocycles. The minimum absolute atomic E-state index is 0.0553. The first-order valence-electron chi connectivity index (χ1n) is 11.7. The highest BCUT2D eigenvalue weighted by Gasteiger charge is 2.52. The molecule has 0 aromatic heterocycles. The zero-order chi connectivity index (χ0) is 26.8. The Labute approximate surface area is 215 Å². The van der Waals surface area contributed by atoms with Crippen molar-refractivity contribution in [2.45, 2.75) is 25.7 Å². The summed E-state index contributed by atoms with van der Waals surface area (Å²) in [5.74, 6) is -3.26. The third kappa shape index (κ3) is 6.05. The Hall–Kier alpha value is -3.99. The summed E-state index contributed by atoms with van der Waals surface area (Å²) in [5.41, 5.74) is 5.59. The van der Waals surface area contributed by atoms with Crippen LogP contribution >= 0.6 is 0 Å². The standard InChI is InChI=1S/C27H31N3O7/c1-5-36-23-21(17-18-22(34-3)27(23,35-4)37-6-2)26(33)30(28-24(31)19-13-9-7-10-14-19)29-25(32)20-15-11-8-12-16-20/h7-18,23H,5-6H2,1-4H3,(H,28,31)(H,29,32). The monoisotopic (exact) mass is 509 g/mol. The van der Waals surface area contributed by atoms with Gasteiger partial charge in [-0.2, -0.15) is 5.12 Å². The number of carbonyl (C=O) groups excluding carboxylic acids is 3. The molecule has 2 aromatic carbocycles. The van der Waals surface area contributed by atoms with Crippen molar-refractivity contribution in [3.63, 3.8) is 0 Å². The van der Waals surface area contributed by atoms with Crippen molar-refractivity contribution < 1.29 is 33.3 Å².